The molecule has 4 aliphatic rings. The first-order chi connectivity index (χ1) is 19.0. The van der Waals surface area contributed by atoms with Gasteiger partial charge in [0.05, 0.1) is 30.5 Å². The van der Waals surface area contributed by atoms with Crippen molar-refractivity contribution in [2.24, 2.45) is 22.7 Å². The fourth-order valence-electron chi connectivity index (χ4n) is 8.01. The van der Waals surface area contributed by atoms with Crippen molar-refractivity contribution in [1.82, 2.24) is 0 Å². The second-order valence-corrected chi connectivity index (χ2v) is 12.8. The highest BCUT2D eigenvalue weighted by atomic mass is 16.6. The van der Waals surface area contributed by atoms with Crippen molar-refractivity contribution in [1.29, 1.82) is 0 Å². The third-order valence-corrected chi connectivity index (χ3v) is 10.4. The number of furan rings is 1. The van der Waals surface area contributed by atoms with Gasteiger partial charge < -0.3 is 33.6 Å². The molecule has 11 nitrogen and oxygen atoms in total. The van der Waals surface area contributed by atoms with Gasteiger partial charge in [-0.1, -0.05) is 27.7 Å². The van der Waals surface area contributed by atoms with Gasteiger partial charge in [-0.3, -0.25) is 14.4 Å². The van der Waals surface area contributed by atoms with E-state index in [1.807, 2.05) is 6.92 Å². The van der Waals surface area contributed by atoms with Gasteiger partial charge in [0.25, 0.3) is 0 Å². The molecule has 224 valence electrons. The molecule has 1 aliphatic heterocycles. The van der Waals surface area contributed by atoms with Gasteiger partial charge in [-0.05, 0) is 36.5 Å². The Hall–Kier alpha value is -3.02. The zero-order valence-corrected chi connectivity index (χ0v) is 24.4. The minimum Gasteiger partial charge on any atom is -0.472 e. The average molecular weight is 575 g/mol. The van der Waals surface area contributed by atoms with E-state index in [4.69, 9.17) is 23.4 Å². The predicted octanol–water partition coefficient (Wildman–Crippen LogP) is 2.52. The average Bonchev–Trinajstić information content (AvgIpc) is 3.41. The van der Waals surface area contributed by atoms with Gasteiger partial charge >= 0.3 is 17.9 Å². The maximum atomic E-state index is 14.9. The van der Waals surface area contributed by atoms with Crippen molar-refractivity contribution in [2.45, 2.75) is 96.9 Å². The minimum atomic E-state index is -2.02. The first kappa shape index (κ1) is 29.5. The molecule has 41 heavy (non-hydrogen) atoms. The zero-order valence-electron chi connectivity index (χ0n) is 24.4. The summed E-state index contributed by atoms with van der Waals surface area (Å²) in [5, 5.41) is 24.1. The lowest BCUT2D eigenvalue weighted by Crippen LogP contribution is -2.80. The number of Topliss-reactive ketones (excluding diaryl/α,β-unsaturated/α-hetero) is 1. The number of ether oxygens (including phenoxy) is 4. The van der Waals surface area contributed by atoms with E-state index in [-0.39, 0.29) is 24.2 Å². The van der Waals surface area contributed by atoms with Gasteiger partial charge in [0.15, 0.2) is 17.5 Å². The van der Waals surface area contributed by atoms with Gasteiger partial charge in [-0.15, -0.1) is 0 Å². The van der Waals surface area contributed by atoms with E-state index in [0.29, 0.717) is 12.0 Å². The molecule has 0 amide bonds. The molecule has 11 heteroatoms. The van der Waals surface area contributed by atoms with Crippen LogP contribution in [0.5, 0.6) is 0 Å². The molecule has 0 radical (unpaired) electrons. The molecular formula is C30H38O11. The number of carbonyl (C=O) groups is 4. The normalized spacial score (nSPS) is 41.1. The van der Waals surface area contributed by atoms with E-state index < -0.39 is 82.0 Å². The maximum absolute atomic E-state index is 14.9. The van der Waals surface area contributed by atoms with Crippen LogP contribution in [0.25, 0.3) is 0 Å². The maximum Gasteiger partial charge on any atom is 0.341 e. The summed E-state index contributed by atoms with van der Waals surface area (Å²) in [7, 11) is 0. The number of rotatable bonds is 4. The monoisotopic (exact) mass is 574 g/mol. The first-order valence-corrected chi connectivity index (χ1v) is 13.9. The van der Waals surface area contributed by atoms with Crippen molar-refractivity contribution in [3.05, 3.63) is 35.3 Å². The van der Waals surface area contributed by atoms with Crippen LogP contribution >= 0.6 is 0 Å². The number of hydrogen-bond donors (Lipinski definition) is 2. The Morgan fingerprint density at radius 2 is 1.78 bits per heavy atom. The molecule has 0 unspecified atom stereocenters. The summed E-state index contributed by atoms with van der Waals surface area (Å²) in [6.07, 6.45) is -2.26. The molecule has 1 aromatic heterocycles. The van der Waals surface area contributed by atoms with Crippen LogP contribution in [0.1, 0.15) is 71.7 Å². The number of fused-ring (bicyclic) bond motifs is 5. The van der Waals surface area contributed by atoms with Crippen LogP contribution in [-0.4, -0.2) is 76.1 Å². The molecule has 2 bridgehead atoms. The smallest absolute Gasteiger partial charge is 0.341 e. The van der Waals surface area contributed by atoms with E-state index in [0.717, 1.165) is 0 Å². The lowest BCUT2D eigenvalue weighted by atomic mass is 9.43. The minimum absolute atomic E-state index is 0.0781. The highest BCUT2D eigenvalue weighted by Crippen LogP contribution is 2.65. The highest BCUT2D eigenvalue weighted by molar-refractivity contribution is 5.95. The second-order valence-electron chi connectivity index (χ2n) is 12.8. The van der Waals surface area contributed by atoms with E-state index in [9.17, 15) is 29.4 Å². The predicted molar refractivity (Wildman–Crippen MR) is 140 cm³/mol. The molecule has 2 heterocycles. The Morgan fingerprint density at radius 3 is 2.32 bits per heavy atom. The van der Waals surface area contributed by atoms with E-state index in [1.165, 1.54) is 32.4 Å². The first-order valence-electron chi connectivity index (χ1n) is 13.9. The van der Waals surface area contributed by atoms with Crippen LogP contribution in [-0.2, 0) is 33.3 Å². The second kappa shape index (κ2) is 9.50. The quantitative estimate of drug-likeness (QED) is 0.309. The molecule has 1 saturated heterocycles. The summed E-state index contributed by atoms with van der Waals surface area (Å²) in [5.74, 6) is -4.25. The summed E-state index contributed by atoms with van der Waals surface area (Å²) in [6.45, 7) is 10.8. The topological polar surface area (TPSA) is 159 Å². The summed E-state index contributed by atoms with van der Waals surface area (Å²) >= 11 is 0. The van der Waals surface area contributed by atoms with Gasteiger partial charge in [0.2, 0.25) is 0 Å². The Morgan fingerprint density at radius 1 is 1.10 bits per heavy atom. The van der Waals surface area contributed by atoms with Gasteiger partial charge in [-0.25, -0.2) is 4.79 Å². The van der Waals surface area contributed by atoms with Gasteiger partial charge in [0.1, 0.15) is 24.1 Å². The van der Waals surface area contributed by atoms with Crippen LogP contribution in [0, 0.1) is 22.7 Å². The van der Waals surface area contributed by atoms with Crippen molar-refractivity contribution < 1.29 is 52.8 Å². The Kier molecular flexibility index (Phi) is 6.83. The van der Waals surface area contributed by atoms with Gasteiger partial charge in [0, 0.05) is 31.1 Å². The molecule has 5 rings (SSSR count). The van der Waals surface area contributed by atoms with Crippen LogP contribution in [0.15, 0.2) is 34.2 Å². The highest BCUT2D eigenvalue weighted by Gasteiger charge is 2.77. The summed E-state index contributed by atoms with van der Waals surface area (Å²) in [6, 6.07) is 1.41. The number of hydrogen-bond acceptors (Lipinski definition) is 11. The number of aliphatic hydroxyl groups excluding tert-OH is 1. The Bertz CT molecular complexity index is 1310. The summed E-state index contributed by atoms with van der Waals surface area (Å²) in [5.41, 5.74) is -5.56. The van der Waals surface area contributed by atoms with Crippen LogP contribution < -0.4 is 0 Å². The fraction of sp³-hybridized carbons (Fsp3) is 0.667. The molecule has 1 aromatic rings. The third kappa shape index (κ3) is 3.95. The molecule has 2 N–H and O–H groups in total. The van der Waals surface area contributed by atoms with E-state index in [1.54, 1.807) is 27.7 Å². The Labute approximate surface area is 238 Å². The van der Waals surface area contributed by atoms with Crippen LogP contribution in [0.2, 0.25) is 0 Å². The number of ketones is 1. The molecule has 0 aromatic carbocycles. The fourth-order valence-corrected chi connectivity index (χ4v) is 8.01. The SMILES string of the molecule is CC(=O)O[C@H]1C(=O)[C@@]2(C)[C@H]([C@H](OC(=O)c3ccoc3)[C@]3(O)C[C@H](O)C(C)=C1C3(C)C)[C@]1(OC(C)=O)CO[C@@H]1C[C@@H]2C. The van der Waals surface area contributed by atoms with Gasteiger partial charge in [-0.2, -0.15) is 0 Å². The molecular weight excluding hydrogens is 536 g/mol. The number of aliphatic hydroxyl groups is 2. The summed E-state index contributed by atoms with van der Waals surface area (Å²) < 4.78 is 28.9. The molecule has 9 atom stereocenters. The summed E-state index contributed by atoms with van der Waals surface area (Å²) in [4.78, 5) is 53.5. The van der Waals surface area contributed by atoms with E-state index in [2.05, 4.69) is 0 Å². The lowest BCUT2D eigenvalue weighted by molar-refractivity contribution is -0.340. The van der Waals surface area contributed by atoms with Crippen molar-refractivity contribution in [3.8, 4) is 0 Å². The lowest BCUT2D eigenvalue weighted by Gasteiger charge is -2.68. The zero-order chi connectivity index (χ0) is 30.3. The molecule has 0 spiro atoms. The molecule has 3 aliphatic carbocycles. The number of carbonyl (C=O) groups excluding carboxylic acids is 4. The van der Waals surface area contributed by atoms with Crippen molar-refractivity contribution in [3.63, 3.8) is 0 Å². The van der Waals surface area contributed by atoms with Crippen molar-refractivity contribution in [2.75, 3.05) is 6.61 Å². The van der Waals surface area contributed by atoms with Crippen molar-refractivity contribution >= 4 is 23.7 Å². The third-order valence-electron chi connectivity index (χ3n) is 10.4. The van der Waals surface area contributed by atoms with E-state index >= 15 is 0 Å². The Balaban J connectivity index is 1.84. The molecule has 2 saturated carbocycles. The number of esters is 3. The standard InChI is InChI=1S/C30H38O11/c1-14-10-20-29(13-38-20,41-17(4)32)23-25(40-26(35)18-8-9-37-12-18)30(36)11-19(33)15(2)21(27(30,5)6)22(39-16(3)31)24(34)28(14,23)7/h8-9,12,14,19-20,22-23,25,33,36H,10-11,13H2,1-7H3/t14-,19-,20+,22+,23-,25-,28+,29-,30+/m0/s1. The largest absolute Gasteiger partial charge is 0.472 e. The van der Waals surface area contributed by atoms with Crippen LogP contribution in [0.3, 0.4) is 0 Å². The molecule has 3 fully saturated rings. The van der Waals surface area contributed by atoms with Crippen LogP contribution in [0.4, 0.5) is 0 Å².